The Morgan fingerprint density at radius 2 is 2.00 bits per heavy atom. The number of carbonyl (C=O) groups is 1. The van der Waals surface area contributed by atoms with E-state index in [0.717, 1.165) is 5.56 Å². The molecule has 4 nitrogen and oxygen atoms in total. The molecule has 17 heavy (non-hydrogen) atoms. The van der Waals surface area contributed by atoms with Crippen molar-refractivity contribution in [1.29, 1.82) is 5.26 Å². The van der Waals surface area contributed by atoms with Gasteiger partial charge in [0, 0.05) is 12.1 Å². The summed E-state index contributed by atoms with van der Waals surface area (Å²) in [7, 11) is 0. The van der Waals surface area contributed by atoms with E-state index in [-0.39, 0.29) is 18.5 Å². The molecule has 0 saturated carbocycles. The molecule has 4 heteroatoms. The van der Waals surface area contributed by atoms with Crippen LogP contribution in [0, 0.1) is 11.3 Å². The van der Waals surface area contributed by atoms with Gasteiger partial charge in [-0.1, -0.05) is 26.0 Å². The van der Waals surface area contributed by atoms with Crippen LogP contribution in [-0.2, 0) is 4.79 Å². The number of nitrogens with zero attached hydrogens (tertiary/aromatic N) is 1. The fourth-order valence-corrected chi connectivity index (χ4v) is 1.64. The molecule has 1 rings (SSSR count). The van der Waals surface area contributed by atoms with Crippen LogP contribution in [0.3, 0.4) is 0 Å². The summed E-state index contributed by atoms with van der Waals surface area (Å²) in [5.41, 5.74) is 1.47. The molecule has 1 aromatic carbocycles. The summed E-state index contributed by atoms with van der Waals surface area (Å²) in [6.45, 7) is 3.94. The Bertz CT molecular complexity index is 418. The Balaban J connectivity index is 2.87. The molecule has 0 aliphatic heterocycles. The van der Waals surface area contributed by atoms with Crippen molar-refractivity contribution in [1.82, 2.24) is 5.32 Å². The number of nitriles is 1. The van der Waals surface area contributed by atoms with Gasteiger partial charge >= 0.3 is 5.97 Å². The van der Waals surface area contributed by atoms with E-state index in [9.17, 15) is 4.79 Å². The smallest absolute Gasteiger partial charge is 0.305 e. The molecule has 0 aliphatic carbocycles. The Hall–Kier alpha value is -1.86. The maximum Gasteiger partial charge on any atom is 0.305 e. The first-order valence-electron chi connectivity index (χ1n) is 5.51. The van der Waals surface area contributed by atoms with Gasteiger partial charge in [0.2, 0.25) is 0 Å². The molecular formula is C13H16N2O2. The van der Waals surface area contributed by atoms with Crippen molar-refractivity contribution in [3.63, 3.8) is 0 Å². The van der Waals surface area contributed by atoms with Gasteiger partial charge in [0.25, 0.3) is 0 Å². The standard InChI is InChI=1S/C13H16N2O2/c1-9(2)15-12(7-13(16)17)11-5-3-10(8-14)4-6-11/h3-6,9,12,15H,7H2,1-2H3,(H,16,17). The third-order valence-corrected chi connectivity index (χ3v) is 2.36. The summed E-state index contributed by atoms with van der Waals surface area (Å²) in [6.07, 6.45) is 0.0318. The lowest BCUT2D eigenvalue weighted by molar-refractivity contribution is -0.137. The molecule has 0 radical (unpaired) electrons. The zero-order valence-electron chi connectivity index (χ0n) is 9.97. The van der Waals surface area contributed by atoms with Crippen LogP contribution in [0.4, 0.5) is 0 Å². The number of hydrogen-bond acceptors (Lipinski definition) is 3. The second-order valence-corrected chi connectivity index (χ2v) is 4.21. The minimum Gasteiger partial charge on any atom is -0.481 e. The number of carboxylic acid groups (broad SMARTS) is 1. The fourth-order valence-electron chi connectivity index (χ4n) is 1.64. The first-order valence-corrected chi connectivity index (χ1v) is 5.51. The third kappa shape index (κ3) is 4.25. The van der Waals surface area contributed by atoms with E-state index in [1.165, 1.54) is 0 Å². The number of carboxylic acids is 1. The molecule has 1 unspecified atom stereocenters. The minimum absolute atomic E-state index is 0.0318. The van der Waals surface area contributed by atoms with Gasteiger partial charge < -0.3 is 10.4 Å². The van der Waals surface area contributed by atoms with Crippen LogP contribution >= 0.6 is 0 Å². The largest absolute Gasteiger partial charge is 0.481 e. The van der Waals surface area contributed by atoms with Crippen molar-refractivity contribution in [2.24, 2.45) is 0 Å². The van der Waals surface area contributed by atoms with Crippen molar-refractivity contribution in [3.8, 4) is 6.07 Å². The van der Waals surface area contributed by atoms with E-state index in [0.29, 0.717) is 5.56 Å². The first kappa shape index (κ1) is 13.2. The number of hydrogen-bond donors (Lipinski definition) is 2. The predicted molar refractivity (Wildman–Crippen MR) is 64.4 cm³/mol. The second-order valence-electron chi connectivity index (χ2n) is 4.21. The van der Waals surface area contributed by atoms with Gasteiger partial charge in [-0.2, -0.15) is 5.26 Å². The van der Waals surface area contributed by atoms with Crippen molar-refractivity contribution in [2.75, 3.05) is 0 Å². The molecule has 0 fully saturated rings. The summed E-state index contributed by atoms with van der Waals surface area (Å²) < 4.78 is 0. The van der Waals surface area contributed by atoms with Crippen LogP contribution in [0.1, 0.15) is 37.4 Å². The van der Waals surface area contributed by atoms with Gasteiger partial charge in [0.05, 0.1) is 18.1 Å². The minimum atomic E-state index is -0.840. The van der Waals surface area contributed by atoms with E-state index in [1.807, 2.05) is 19.9 Å². The van der Waals surface area contributed by atoms with Gasteiger partial charge in [-0.25, -0.2) is 0 Å². The normalized spacial score (nSPS) is 12.1. The zero-order chi connectivity index (χ0) is 12.8. The second kappa shape index (κ2) is 6.02. The van der Waals surface area contributed by atoms with Crippen molar-refractivity contribution in [2.45, 2.75) is 32.4 Å². The number of nitrogens with one attached hydrogen (secondary N) is 1. The highest BCUT2D eigenvalue weighted by atomic mass is 16.4. The molecule has 0 saturated heterocycles. The number of rotatable bonds is 5. The molecule has 0 bridgehead atoms. The van der Waals surface area contributed by atoms with E-state index in [4.69, 9.17) is 10.4 Å². The topological polar surface area (TPSA) is 73.1 Å². The van der Waals surface area contributed by atoms with E-state index in [2.05, 4.69) is 5.32 Å². The van der Waals surface area contributed by atoms with Crippen molar-refractivity contribution >= 4 is 5.97 Å². The van der Waals surface area contributed by atoms with E-state index < -0.39 is 5.97 Å². The molecule has 0 heterocycles. The molecule has 0 aromatic heterocycles. The lowest BCUT2D eigenvalue weighted by atomic mass is 10.0. The molecule has 0 amide bonds. The molecular weight excluding hydrogens is 216 g/mol. The maximum atomic E-state index is 10.8. The Morgan fingerprint density at radius 3 is 2.41 bits per heavy atom. The molecule has 0 aliphatic rings. The van der Waals surface area contributed by atoms with Crippen molar-refractivity contribution in [3.05, 3.63) is 35.4 Å². The van der Waals surface area contributed by atoms with E-state index in [1.54, 1.807) is 24.3 Å². The molecule has 1 atom stereocenters. The Morgan fingerprint density at radius 1 is 1.41 bits per heavy atom. The monoisotopic (exact) mass is 232 g/mol. The van der Waals surface area contributed by atoms with Crippen LogP contribution < -0.4 is 5.32 Å². The molecule has 1 aromatic rings. The fraction of sp³-hybridized carbons (Fsp3) is 0.385. The van der Waals surface area contributed by atoms with Crippen molar-refractivity contribution < 1.29 is 9.90 Å². The van der Waals surface area contributed by atoms with Crippen LogP contribution in [-0.4, -0.2) is 17.1 Å². The third-order valence-electron chi connectivity index (χ3n) is 2.36. The predicted octanol–water partition coefficient (Wildman–Crippen LogP) is 2.07. The Kier molecular flexibility index (Phi) is 4.68. The van der Waals surface area contributed by atoms with Gasteiger partial charge in [-0.05, 0) is 17.7 Å². The lowest BCUT2D eigenvalue weighted by Gasteiger charge is -2.20. The molecule has 0 spiro atoms. The summed E-state index contributed by atoms with van der Waals surface area (Å²) in [5.74, 6) is -0.840. The lowest BCUT2D eigenvalue weighted by Crippen LogP contribution is -2.29. The average Bonchev–Trinajstić information content (AvgIpc) is 2.27. The zero-order valence-corrected chi connectivity index (χ0v) is 9.97. The van der Waals surface area contributed by atoms with Crippen LogP contribution in [0.15, 0.2) is 24.3 Å². The number of aliphatic carboxylic acids is 1. The molecule has 90 valence electrons. The quantitative estimate of drug-likeness (QED) is 0.815. The van der Waals surface area contributed by atoms with Gasteiger partial charge in [0.15, 0.2) is 0 Å². The highest BCUT2D eigenvalue weighted by Crippen LogP contribution is 2.18. The van der Waals surface area contributed by atoms with E-state index >= 15 is 0 Å². The average molecular weight is 232 g/mol. The summed E-state index contributed by atoms with van der Waals surface area (Å²) in [6, 6.07) is 9.01. The Labute approximate surface area is 101 Å². The van der Waals surface area contributed by atoms with Gasteiger partial charge in [-0.3, -0.25) is 4.79 Å². The summed E-state index contributed by atoms with van der Waals surface area (Å²) in [4.78, 5) is 10.8. The SMILES string of the molecule is CC(C)NC(CC(=O)O)c1ccc(C#N)cc1. The highest BCUT2D eigenvalue weighted by molar-refractivity contribution is 5.68. The molecule has 2 N–H and O–H groups in total. The maximum absolute atomic E-state index is 10.8. The van der Waals surface area contributed by atoms with Crippen LogP contribution in [0.5, 0.6) is 0 Å². The summed E-state index contributed by atoms with van der Waals surface area (Å²) in [5, 5.41) is 20.8. The highest BCUT2D eigenvalue weighted by Gasteiger charge is 2.16. The number of benzene rings is 1. The first-order chi connectivity index (χ1) is 8.02. The van der Waals surface area contributed by atoms with Gasteiger partial charge in [-0.15, -0.1) is 0 Å². The van der Waals surface area contributed by atoms with Crippen LogP contribution in [0.25, 0.3) is 0 Å². The van der Waals surface area contributed by atoms with Gasteiger partial charge in [0.1, 0.15) is 0 Å². The summed E-state index contributed by atoms with van der Waals surface area (Å²) >= 11 is 0. The van der Waals surface area contributed by atoms with Crippen LogP contribution in [0.2, 0.25) is 0 Å².